The van der Waals surface area contributed by atoms with Gasteiger partial charge in [0.15, 0.2) is 0 Å². The molecule has 0 radical (unpaired) electrons. The predicted molar refractivity (Wildman–Crippen MR) is 72.4 cm³/mol. The van der Waals surface area contributed by atoms with Crippen molar-refractivity contribution in [3.05, 3.63) is 29.8 Å². The molecule has 106 valence electrons. The Morgan fingerprint density at radius 3 is 2.21 bits per heavy atom. The van der Waals surface area contributed by atoms with E-state index in [1.807, 2.05) is 13.8 Å². The van der Waals surface area contributed by atoms with Crippen LogP contribution >= 0.6 is 0 Å². The molecule has 19 heavy (non-hydrogen) atoms. The standard InChI is InChI=1S/C13H19NO4S/c1-10(2)9-14(3)19(17,18)12-6-4-11(5-7-12)8-13(15)16/h4-7,10H,8-9H2,1-3H3,(H,15,16). The van der Waals surface area contributed by atoms with Gasteiger partial charge >= 0.3 is 5.97 Å². The zero-order valence-corrected chi connectivity index (χ0v) is 12.1. The first-order valence-corrected chi connectivity index (χ1v) is 7.44. The zero-order valence-electron chi connectivity index (χ0n) is 11.3. The van der Waals surface area contributed by atoms with Crippen molar-refractivity contribution in [3.63, 3.8) is 0 Å². The number of hydrogen-bond donors (Lipinski definition) is 1. The second-order valence-electron chi connectivity index (χ2n) is 4.89. The Labute approximate surface area is 113 Å². The van der Waals surface area contributed by atoms with Gasteiger partial charge in [-0.3, -0.25) is 4.79 Å². The van der Waals surface area contributed by atoms with Crippen LogP contribution in [0.4, 0.5) is 0 Å². The highest BCUT2D eigenvalue weighted by atomic mass is 32.2. The summed E-state index contributed by atoms with van der Waals surface area (Å²) in [7, 11) is -1.95. The van der Waals surface area contributed by atoms with Gasteiger partial charge in [-0.2, -0.15) is 0 Å². The van der Waals surface area contributed by atoms with Crippen molar-refractivity contribution >= 4 is 16.0 Å². The normalized spacial score (nSPS) is 12.1. The highest BCUT2D eigenvalue weighted by Gasteiger charge is 2.21. The molecule has 0 unspecified atom stereocenters. The van der Waals surface area contributed by atoms with Gasteiger partial charge in [0.05, 0.1) is 11.3 Å². The fraction of sp³-hybridized carbons (Fsp3) is 0.462. The first-order valence-electron chi connectivity index (χ1n) is 6.00. The Morgan fingerprint density at radius 2 is 1.79 bits per heavy atom. The molecule has 0 spiro atoms. The van der Waals surface area contributed by atoms with E-state index in [0.717, 1.165) is 0 Å². The SMILES string of the molecule is CC(C)CN(C)S(=O)(=O)c1ccc(CC(=O)O)cc1. The van der Waals surface area contributed by atoms with Gasteiger partial charge in [0.2, 0.25) is 10.0 Å². The lowest BCUT2D eigenvalue weighted by Gasteiger charge is -2.19. The van der Waals surface area contributed by atoms with Crippen molar-refractivity contribution in [1.29, 1.82) is 0 Å². The molecule has 0 saturated carbocycles. The average molecular weight is 285 g/mol. The first kappa shape index (κ1) is 15.7. The van der Waals surface area contributed by atoms with Gasteiger partial charge in [-0.05, 0) is 23.6 Å². The van der Waals surface area contributed by atoms with Crippen LogP contribution < -0.4 is 0 Å². The smallest absolute Gasteiger partial charge is 0.307 e. The number of sulfonamides is 1. The number of rotatable bonds is 6. The highest BCUT2D eigenvalue weighted by molar-refractivity contribution is 7.89. The summed E-state index contributed by atoms with van der Waals surface area (Å²) in [5.74, 6) is -0.696. The topological polar surface area (TPSA) is 74.7 Å². The van der Waals surface area contributed by atoms with E-state index in [1.165, 1.54) is 28.6 Å². The van der Waals surface area contributed by atoms with Crippen molar-refractivity contribution in [2.45, 2.75) is 25.2 Å². The van der Waals surface area contributed by atoms with Crippen LogP contribution in [0.2, 0.25) is 0 Å². The number of nitrogens with zero attached hydrogens (tertiary/aromatic N) is 1. The Hall–Kier alpha value is -1.40. The van der Waals surface area contributed by atoms with Crippen LogP contribution in [0.3, 0.4) is 0 Å². The van der Waals surface area contributed by atoms with Crippen molar-refractivity contribution in [2.24, 2.45) is 5.92 Å². The lowest BCUT2D eigenvalue weighted by atomic mass is 10.2. The monoisotopic (exact) mass is 285 g/mol. The summed E-state index contributed by atoms with van der Waals surface area (Å²) in [6.45, 7) is 4.34. The third-order valence-electron chi connectivity index (χ3n) is 2.61. The average Bonchev–Trinajstić information content (AvgIpc) is 2.27. The molecule has 6 heteroatoms. The molecule has 0 aromatic heterocycles. The van der Waals surface area contributed by atoms with Crippen LogP contribution in [-0.2, 0) is 21.2 Å². The summed E-state index contributed by atoms with van der Waals surface area (Å²) in [5.41, 5.74) is 0.581. The minimum Gasteiger partial charge on any atom is -0.481 e. The van der Waals surface area contributed by atoms with Gasteiger partial charge in [0.1, 0.15) is 0 Å². The zero-order chi connectivity index (χ0) is 14.6. The van der Waals surface area contributed by atoms with Gasteiger partial charge in [0.25, 0.3) is 0 Å². The summed E-state index contributed by atoms with van der Waals surface area (Å²) < 4.78 is 25.7. The number of carbonyl (C=O) groups is 1. The van der Waals surface area contributed by atoms with E-state index < -0.39 is 16.0 Å². The van der Waals surface area contributed by atoms with Gasteiger partial charge in [-0.25, -0.2) is 12.7 Å². The molecular weight excluding hydrogens is 266 g/mol. The Bertz CT molecular complexity index is 534. The minimum absolute atomic E-state index is 0.109. The third-order valence-corrected chi connectivity index (χ3v) is 4.45. The Balaban J connectivity index is 2.93. The predicted octanol–water partition coefficient (Wildman–Crippen LogP) is 1.59. The molecule has 0 amide bonds. The maximum Gasteiger partial charge on any atom is 0.307 e. The largest absolute Gasteiger partial charge is 0.481 e. The van der Waals surface area contributed by atoms with Crippen LogP contribution in [0.1, 0.15) is 19.4 Å². The van der Waals surface area contributed by atoms with Crippen LogP contribution in [0.25, 0.3) is 0 Å². The number of hydrogen-bond acceptors (Lipinski definition) is 3. The number of benzene rings is 1. The first-order chi connectivity index (χ1) is 8.73. The maximum atomic E-state index is 12.2. The summed E-state index contributed by atoms with van der Waals surface area (Å²) >= 11 is 0. The van der Waals surface area contributed by atoms with Gasteiger partial charge in [0, 0.05) is 13.6 Å². The van der Waals surface area contributed by atoms with E-state index in [2.05, 4.69) is 0 Å². The molecule has 0 heterocycles. The minimum atomic E-state index is -3.49. The molecule has 1 aromatic rings. The molecule has 1 N–H and O–H groups in total. The van der Waals surface area contributed by atoms with Crippen molar-refractivity contribution < 1.29 is 18.3 Å². The fourth-order valence-corrected chi connectivity index (χ4v) is 3.08. The molecular formula is C13H19NO4S. The van der Waals surface area contributed by atoms with E-state index in [9.17, 15) is 13.2 Å². The Kier molecular flexibility index (Phi) is 5.08. The van der Waals surface area contributed by atoms with Crippen molar-refractivity contribution in [3.8, 4) is 0 Å². The van der Waals surface area contributed by atoms with Crippen LogP contribution in [0, 0.1) is 5.92 Å². The van der Waals surface area contributed by atoms with E-state index in [-0.39, 0.29) is 17.2 Å². The van der Waals surface area contributed by atoms with Crippen LogP contribution in [-0.4, -0.2) is 37.4 Å². The Morgan fingerprint density at radius 1 is 1.26 bits per heavy atom. The lowest BCUT2D eigenvalue weighted by Crippen LogP contribution is -2.30. The second kappa shape index (κ2) is 6.16. The lowest BCUT2D eigenvalue weighted by molar-refractivity contribution is -0.136. The fourth-order valence-electron chi connectivity index (χ4n) is 1.75. The maximum absolute atomic E-state index is 12.2. The molecule has 1 aromatic carbocycles. The quantitative estimate of drug-likeness (QED) is 0.861. The molecule has 0 aliphatic carbocycles. The number of carboxylic acid groups (broad SMARTS) is 1. The van der Waals surface area contributed by atoms with Gasteiger partial charge in [-0.15, -0.1) is 0 Å². The van der Waals surface area contributed by atoms with Gasteiger partial charge in [-0.1, -0.05) is 26.0 Å². The summed E-state index contributed by atoms with van der Waals surface area (Å²) in [5, 5.41) is 8.66. The highest BCUT2D eigenvalue weighted by Crippen LogP contribution is 2.16. The molecule has 0 aliphatic heterocycles. The molecule has 0 aliphatic rings. The summed E-state index contributed by atoms with van der Waals surface area (Å²) in [6, 6.07) is 5.96. The van der Waals surface area contributed by atoms with Crippen LogP contribution in [0.5, 0.6) is 0 Å². The van der Waals surface area contributed by atoms with E-state index in [4.69, 9.17) is 5.11 Å². The molecule has 5 nitrogen and oxygen atoms in total. The number of aliphatic carboxylic acids is 1. The second-order valence-corrected chi connectivity index (χ2v) is 6.94. The molecule has 1 rings (SSSR count). The van der Waals surface area contributed by atoms with Crippen molar-refractivity contribution in [2.75, 3.05) is 13.6 Å². The molecule has 0 bridgehead atoms. The van der Waals surface area contributed by atoms with E-state index in [1.54, 1.807) is 7.05 Å². The van der Waals surface area contributed by atoms with E-state index >= 15 is 0 Å². The summed E-state index contributed by atoms with van der Waals surface area (Å²) in [6.07, 6.45) is -0.109. The van der Waals surface area contributed by atoms with E-state index in [0.29, 0.717) is 12.1 Å². The van der Waals surface area contributed by atoms with Crippen LogP contribution in [0.15, 0.2) is 29.2 Å². The van der Waals surface area contributed by atoms with Gasteiger partial charge < -0.3 is 5.11 Å². The third kappa shape index (κ3) is 4.33. The molecule has 0 saturated heterocycles. The number of carboxylic acids is 1. The van der Waals surface area contributed by atoms with Crippen molar-refractivity contribution in [1.82, 2.24) is 4.31 Å². The molecule has 0 fully saturated rings. The summed E-state index contributed by atoms with van der Waals surface area (Å²) in [4.78, 5) is 10.7. The molecule has 0 atom stereocenters.